The van der Waals surface area contributed by atoms with Crippen LogP contribution in [0, 0.1) is 0 Å². The van der Waals surface area contributed by atoms with Crippen molar-refractivity contribution in [1.29, 1.82) is 0 Å². The van der Waals surface area contributed by atoms with E-state index in [1.54, 1.807) is 22.5 Å². The number of morpholine rings is 1. The van der Waals surface area contributed by atoms with Gasteiger partial charge in [-0.05, 0) is 31.9 Å². The Balaban J connectivity index is 1.94. The van der Waals surface area contributed by atoms with Gasteiger partial charge in [-0.15, -0.1) is 0 Å². The highest BCUT2D eigenvalue weighted by molar-refractivity contribution is 7.89. The number of ether oxygens (including phenoxy) is 1. The average Bonchev–Trinajstić information content (AvgIpc) is 2.54. The van der Waals surface area contributed by atoms with Gasteiger partial charge in [-0.2, -0.15) is 4.31 Å². The molecule has 120 valence electrons. The van der Waals surface area contributed by atoms with E-state index in [4.69, 9.17) is 4.74 Å². The van der Waals surface area contributed by atoms with Crippen LogP contribution in [0.25, 0.3) is 0 Å². The number of nitrogens with zero attached hydrogens (tertiary/aromatic N) is 1. The number of hydrogen-bond donors (Lipinski definition) is 0. The normalized spacial score (nSPS) is 26.4. The Morgan fingerprint density at radius 3 is 2.82 bits per heavy atom. The molecule has 0 aromatic heterocycles. The van der Waals surface area contributed by atoms with Gasteiger partial charge in [-0.3, -0.25) is 4.79 Å². The van der Waals surface area contributed by atoms with E-state index in [0.717, 1.165) is 25.7 Å². The highest BCUT2D eigenvalue weighted by Crippen LogP contribution is 2.32. The minimum absolute atomic E-state index is 0.00765. The highest BCUT2D eigenvalue weighted by atomic mass is 32.2. The van der Waals surface area contributed by atoms with Crippen LogP contribution in [-0.2, 0) is 14.8 Å². The summed E-state index contributed by atoms with van der Waals surface area (Å²) < 4.78 is 33.3. The van der Waals surface area contributed by atoms with Crippen LogP contribution in [0.3, 0.4) is 0 Å². The largest absolute Gasteiger partial charge is 0.375 e. The fraction of sp³-hybridized carbons (Fsp3) is 0.562. The molecule has 3 rings (SSSR count). The predicted octanol–water partition coefficient (Wildman–Crippen LogP) is 2.22. The lowest BCUT2D eigenvalue weighted by atomic mass is 9.91. The van der Waals surface area contributed by atoms with Crippen LogP contribution in [0.2, 0.25) is 0 Å². The van der Waals surface area contributed by atoms with Crippen LogP contribution in [0.5, 0.6) is 0 Å². The van der Waals surface area contributed by atoms with Gasteiger partial charge in [-0.25, -0.2) is 8.42 Å². The molecule has 6 heteroatoms. The van der Waals surface area contributed by atoms with Gasteiger partial charge in [0.05, 0.1) is 23.6 Å². The number of Topliss-reactive ketones (excluding diaryl/α,β-unsaturated/α-hetero) is 1. The van der Waals surface area contributed by atoms with Crippen molar-refractivity contribution >= 4 is 15.8 Å². The summed E-state index contributed by atoms with van der Waals surface area (Å²) in [5.74, 6) is -0.130. The highest BCUT2D eigenvalue weighted by Gasteiger charge is 2.40. The quantitative estimate of drug-likeness (QED) is 0.800. The molecular weight excluding hydrogens is 302 g/mol. The van der Waals surface area contributed by atoms with Crippen LogP contribution < -0.4 is 0 Å². The number of benzene rings is 1. The molecule has 1 heterocycles. The molecule has 0 N–H and O–H groups in total. The second-order valence-corrected chi connectivity index (χ2v) is 7.85. The van der Waals surface area contributed by atoms with Gasteiger partial charge in [0.15, 0.2) is 5.78 Å². The summed E-state index contributed by atoms with van der Waals surface area (Å²) in [6.45, 7) is 2.26. The molecule has 5 nitrogen and oxygen atoms in total. The number of ketones is 1. The van der Waals surface area contributed by atoms with E-state index in [1.165, 1.54) is 13.0 Å². The standard InChI is InChI=1S/C16H21NO4S/c1-12(18)13-5-4-6-14(11-13)22(19,20)17-9-10-21-16-8-3-2-7-15(16)17/h4-6,11,15-16H,2-3,7-10H2,1H3/t15-,16+/m0/s1. The molecule has 1 aliphatic carbocycles. The van der Waals surface area contributed by atoms with Crippen LogP contribution in [0.15, 0.2) is 29.2 Å². The SMILES string of the molecule is CC(=O)c1cccc(S(=O)(=O)N2CCO[C@@H]3CCCC[C@@H]32)c1. The maximum absolute atomic E-state index is 13.0. The van der Waals surface area contributed by atoms with Gasteiger partial charge in [-0.1, -0.05) is 25.0 Å². The third-order valence-corrected chi connectivity index (χ3v) is 6.45. The number of rotatable bonds is 3. The summed E-state index contributed by atoms with van der Waals surface area (Å²) in [6.07, 6.45) is 3.90. The van der Waals surface area contributed by atoms with Crippen LogP contribution >= 0.6 is 0 Å². The number of carbonyl (C=O) groups excluding carboxylic acids is 1. The second-order valence-electron chi connectivity index (χ2n) is 5.96. The van der Waals surface area contributed by atoms with Crippen molar-refractivity contribution < 1.29 is 17.9 Å². The number of hydrogen-bond acceptors (Lipinski definition) is 4. The van der Waals surface area contributed by atoms with Gasteiger partial charge in [0, 0.05) is 12.1 Å². The summed E-state index contributed by atoms with van der Waals surface area (Å²) in [5, 5.41) is 0. The van der Waals surface area contributed by atoms with Crippen molar-refractivity contribution in [3.63, 3.8) is 0 Å². The van der Waals surface area contributed by atoms with Gasteiger partial charge >= 0.3 is 0 Å². The Morgan fingerprint density at radius 1 is 1.27 bits per heavy atom. The van der Waals surface area contributed by atoms with Gasteiger partial charge in [0.25, 0.3) is 0 Å². The average molecular weight is 323 g/mol. The Kier molecular flexibility index (Phi) is 4.34. The first-order valence-electron chi connectivity index (χ1n) is 7.74. The summed E-state index contributed by atoms with van der Waals surface area (Å²) in [5.41, 5.74) is 0.425. The smallest absolute Gasteiger partial charge is 0.243 e. The fourth-order valence-corrected chi connectivity index (χ4v) is 5.08. The molecule has 1 saturated heterocycles. The lowest BCUT2D eigenvalue weighted by Gasteiger charge is -2.42. The molecule has 0 radical (unpaired) electrons. The van der Waals surface area contributed by atoms with Crippen LogP contribution in [0.1, 0.15) is 43.0 Å². The maximum atomic E-state index is 13.0. The molecule has 0 bridgehead atoms. The molecule has 0 amide bonds. The molecule has 0 unspecified atom stereocenters. The first-order chi connectivity index (χ1) is 10.5. The van der Waals surface area contributed by atoms with Crippen LogP contribution in [0.4, 0.5) is 0 Å². The number of carbonyl (C=O) groups is 1. The van der Waals surface area contributed by atoms with E-state index in [0.29, 0.717) is 18.7 Å². The molecule has 2 fully saturated rings. The zero-order chi connectivity index (χ0) is 15.7. The zero-order valence-electron chi connectivity index (χ0n) is 12.7. The van der Waals surface area contributed by atoms with E-state index in [2.05, 4.69) is 0 Å². The molecule has 0 spiro atoms. The van der Waals surface area contributed by atoms with Crippen molar-refractivity contribution in [2.24, 2.45) is 0 Å². The molecule has 2 aliphatic rings. The summed E-state index contributed by atoms with van der Waals surface area (Å²) >= 11 is 0. The Morgan fingerprint density at radius 2 is 2.05 bits per heavy atom. The topological polar surface area (TPSA) is 63.7 Å². The Bertz CT molecular complexity index is 668. The van der Waals surface area contributed by atoms with E-state index in [1.807, 2.05) is 0 Å². The minimum Gasteiger partial charge on any atom is -0.375 e. The summed E-state index contributed by atoms with van der Waals surface area (Å²) in [7, 11) is -3.59. The molecule has 22 heavy (non-hydrogen) atoms. The summed E-state index contributed by atoms with van der Waals surface area (Å²) in [4.78, 5) is 11.7. The molecule has 1 saturated carbocycles. The van der Waals surface area contributed by atoms with E-state index in [-0.39, 0.29) is 22.8 Å². The van der Waals surface area contributed by atoms with Crippen molar-refractivity contribution in [1.82, 2.24) is 4.31 Å². The lowest BCUT2D eigenvalue weighted by molar-refractivity contribution is -0.0586. The Labute approximate surface area is 131 Å². The molecule has 1 aliphatic heterocycles. The fourth-order valence-electron chi connectivity index (χ4n) is 3.37. The first kappa shape index (κ1) is 15.6. The van der Waals surface area contributed by atoms with Crippen molar-refractivity contribution in [3.05, 3.63) is 29.8 Å². The minimum atomic E-state index is -3.59. The molecule has 1 aromatic carbocycles. The van der Waals surface area contributed by atoms with E-state index < -0.39 is 10.0 Å². The lowest BCUT2D eigenvalue weighted by Crippen LogP contribution is -2.54. The first-order valence-corrected chi connectivity index (χ1v) is 9.18. The second kappa shape index (κ2) is 6.10. The molecular formula is C16H21NO4S. The third kappa shape index (κ3) is 2.83. The number of sulfonamides is 1. The van der Waals surface area contributed by atoms with Crippen molar-refractivity contribution in [2.75, 3.05) is 13.2 Å². The number of fused-ring (bicyclic) bond motifs is 1. The van der Waals surface area contributed by atoms with E-state index >= 15 is 0 Å². The third-order valence-electron chi connectivity index (χ3n) is 4.53. The van der Waals surface area contributed by atoms with E-state index in [9.17, 15) is 13.2 Å². The molecule has 1 aromatic rings. The summed E-state index contributed by atoms with van der Waals surface area (Å²) in [6, 6.07) is 6.24. The zero-order valence-corrected chi connectivity index (χ0v) is 13.5. The van der Waals surface area contributed by atoms with Crippen molar-refractivity contribution in [2.45, 2.75) is 49.6 Å². The Hall–Kier alpha value is -1.24. The maximum Gasteiger partial charge on any atom is 0.243 e. The predicted molar refractivity (Wildman–Crippen MR) is 82.3 cm³/mol. The van der Waals surface area contributed by atoms with Gasteiger partial charge < -0.3 is 4.74 Å². The molecule has 2 atom stereocenters. The van der Waals surface area contributed by atoms with Gasteiger partial charge in [0.1, 0.15) is 0 Å². The van der Waals surface area contributed by atoms with Crippen LogP contribution in [-0.4, -0.2) is 43.8 Å². The van der Waals surface area contributed by atoms with Gasteiger partial charge in [0.2, 0.25) is 10.0 Å². The van der Waals surface area contributed by atoms with Crippen molar-refractivity contribution in [3.8, 4) is 0 Å². The monoisotopic (exact) mass is 323 g/mol.